The lowest BCUT2D eigenvalue weighted by Crippen LogP contribution is -2.28. The number of hydrogen-bond donors (Lipinski definition) is 1. The van der Waals surface area contributed by atoms with Crippen molar-refractivity contribution in [2.45, 2.75) is 13.8 Å². The maximum atomic E-state index is 5.53. The standard InChI is InChI=1S/C11H15NO/c1-11(2)5-3-4-10-9(8-11)12-6-7-13-10/h3-5,8,12H,6-7H2,1-2H3. The summed E-state index contributed by atoms with van der Waals surface area (Å²) in [6.07, 6.45) is 8.47. The van der Waals surface area contributed by atoms with E-state index in [1.807, 2.05) is 6.08 Å². The third-order valence-electron chi connectivity index (χ3n) is 2.23. The smallest absolute Gasteiger partial charge is 0.142 e. The van der Waals surface area contributed by atoms with Gasteiger partial charge in [-0.05, 0) is 12.2 Å². The van der Waals surface area contributed by atoms with Gasteiger partial charge in [0.1, 0.15) is 12.4 Å². The van der Waals surface area contributed by atoms with Crippen LogP contribution in [0.15, 0.2) is 35.8 Å². The molecule has 1 fully saturated rings. The lowest BCUT2D eigenvalue weighted by molar-refractivity contribution is 0.196. The van der Waals surface area contributed by atoms with Gasteiger partial charge in [-0.2, -0.15) is 0 Å². The van der Waals surface area contributed by atoms with Gasteiger partial charge in [-0.3, -0.25) is 0 Å². The molecule has 2 rings (SSSR count). The van der Waals surface area contributed by atoms with Crippen LogP contribution in [-0.4, -0.2) is 13.2 Å². The molecule has 1 saturated heterocycles. The van der Waals surface area contributed by atoms with Crippen molar-refractivity contribution in [3.8, 4) is 0 Å². The summed E-state index contributed by atoms with van der Waals surface area (Å²) in [6, 6.07) is 0. The average molecular weight is 177 g/mol. The van der Waals surface area contributed by atoms with Crippen LogP contribution in [0.1, 0.15) is 13.8 Å². The number of fused-ring (bicyclic) bond motifs is 1. The molecule has 0 atom stereocenters. The highest BCUT2D eigenvalue weighted by Crippen LogP contribution is 2.27. The summed E-state index contributed by atoms with van der Waals surface area (Å²) in [6.45, 7) is 6.03. The molecular formula is C11H15NO. The Kier molecular flexibility index (Phi) is 1.91. The molecule has 0 unspecified atom stereocenters. The number of ether oxygens (including phenoxy) is 1. The summed E-state index contributed by atoms with van der Waals surface area (Å²) >= 11 is 0. The van der Waals surface area contributed by atoms with Gasteiger partial charge >= 0.3 is 0 Å². The van der Waals surface area contributed by atoms with Gasteiger partial charge in [-0.1, -0.05) is 26.0 Å². The molecule has 2 nitrogen and oxygen atoms in total. The van der Waals surface area contributed by atoms with E-state index >= 15 is 0 Å². The van der Waals surface area contributed by atoms with Crippen molar-refractivity contribution in [2.24, 2.45) is 5.41 Å². The molecule has 1 heterocycles. The lowest BCUT2D eigenvalue weighted by atomic mass is 9.92. The molecule has 2 heteroatoms. The Morgan fingerprint density at radius 2 is 2.31 bits per heavy atom. The van der Waals surface area contributed by atoms with Crippen LogP contribution < -0.4 is 5.32 Å². The minimum absolute atomic E-state index is 0.112. The van der Waals surface area contributed by atoms with Crippen LogP contribution in [0.2, 0.25) is 0 Å². The molecule has 0 radical (unpaired) electrons. The number of allylic oxidation sites excluding steroid dienone is 4. The Labute approximate surface area is 79.0 Å². The molecule has 0 saturated carbocycles. The second-order valence-electron chi connectivity index (χ2n) is 4.04. The van der Waals surface area contributed by atoms with E-state index in [1.54, 1.807) is 0 Å². The van der Waals surface area contributed by atoms with E-state index in [2.05, 4.69) is 37.4 Å². The fraction of sp³-hybridized carbons (Fsp3) is 0.455. The van der Waals surface area contributed by atoms with Crippen molar-refractivity contribution in [3.63, 3.8) is 0 Å². The van der Waals surface area contributed by atoms with Gasteiger partial charge in [-0.25, -0.2) is 0 Å². The normalized spacial score (nSPS) is 24.5. The minimum atomic E-state index is 0.112. The molecule has 0 bridgehead atoms. The highest BCUT2D eigenvalue weighted by molar-refractivity contribution is 5.35. The zero-order valence-corrected chi connectivity index (χ0v) is 8.13. The maximum Gasteiger partial charge on any atom is 0.142 e. The first kappa shape index (κ1) is 8.42. The van der Waals surface area contributed by atoms with Gasteiger partial charge in [0.15, 0.2) is 0 Å². The minimum Gasteiger partial charge on any atom is -0.490 e. The van der Waals surface area contributed by atoms with Crippen molar-refractivity contribution in [1.29, 1.82) is 0 Å². The molecule has 1 N–H and O–H groups in total. The summed E-state index contributed by atoms with van der Waals surface area (Å²) in [5.41, 5.74) is 1.24. The Bertz CT molecular complexity index is 297. The van der Waals surface area contributed by atoms with Gasteiger partial charge in [-0.15, -0.1) is 0 Å². The molecule has 0 aromatic heterocycles. The zero-order chi connectivity index (χ0) is 9.31. The molecule has 2 aliphatic rings. The van der Waals surface area contributed by atoms with E-state index in [0.29, 0.717) is 0 Å². The predicted octanol–water partition coefficient (Wildman–Crippen LogP) is 1.97. The van der Waals surface area contributed by atoms with Crippen LogP contribution in [0, 0.1) is 5.41 Å². The molecule has 70 valence electrons. The van der Waals surface area contributed by atoms with Crippen molar-refractivity contribution < 1.29 is 4.74 Å². The Hall–Kier alpha value is -1.18. The molecule has 1 aliphatic heterocycles. The molecule has 0 aromatic rings. The highest BCUT2D eigenvalue weighted by atomic mass is 16.5. The summed E-state index contributed by atoms with van der Waals surface area (Å²) in [4.78, 5) is 0. The van der Waals surface area contributed by atoms with Crippen molar-refractivity contribution in [3.05, 3.63) is 35.8 Å². The van der Waals surface area contributed by atoms with Gasteiger partial charge in [0.05, 0.1) is 5.70 Å². The zero-order valence-electron chi connectivity index (χ0n) is 8.13. The lowest BCUT2D eigenvalue weighted by Gasteiger charge is -2.23. The maximum absolute atomic E-state index is 5.53. The number of hydrogen-bond acceptors (Lipinski definition) is 2. The van der Waals surface area contributed by atoms with E-state index in [4.69, 9.17) is 4.74 Å². The van der Waals surface area contributed by atoms with Crippen molar-refractivity contribution in [1.82, 2.24) is 5.32 Å². The fourth-order valence-corrected chi connectivity index (χ4v) is 1.58. The molecule has 0 amide bonds. The average Bonchev–Trinajstić information content (AvgIpc) is 2.21. The highest BCUT2D eigenvalue weighted by Gasteiger charge is 2.19. The molecule has 0 spiro atoms. The Morgan fingerprint density at radius 3 is 3.15 bits per heavy atom. The van der Waals surface area contributed by atoms with E-state index < -0.39 is 0 Å². The van der Waals surface area contributed by atoms with Gasteiger partial charge in [0.25, 0.3) is 0 Å². The van der Waals surface area contributed by atoms with Crippen LogP contribution >= 0.6 is 0 Å². The summed E-state index contributed by atoms with van der Waals surface area (Å²) in [7, 11) is 0. The van der Waals surface area contributed by atoms with Crippen LogP contribution in [0.4, 0.5) is 0 Å². The molecule has 0 aromatic carbocycles. The van der Waals surface area contributed by atoms with Crippen molar-refractivity contribution in [2.75, 3.05) is 13.2 Å². The SMILES string of the molecule is CC1(C)C=CC=C2OCCNC2=C1. The Morgan fingerprint density at radius 1 is 1.46 bits per heavy atom. The van der Waals surface area contributed by atoms with E-state index in [9.17, 15) is 0 Å². The third-order valence-corrected chi connectivity index (χ3v) is 2.23. The summed E-state index contributed by atoms with van der Waals surface area (Å²) in [5, 5.41) is 3.34. The number of rotatable bonds is 0. The van der Waals surface area contributed by atoms with Crippen LogP contribution in [0.25, 0.3) is 0 Å². The van der Waals surface area contributed by atoms with Gasteiger partial charge in [0, 0.05) is 12.0 Å². The van der Waals surface area contributed by atoms with Crippen molar-refractivity contribution >= 4 is 0 Å². The summed E-state index contributed by atoms with van der Waals surface area (Å²) in [5.74, 6) is 0.966. The van der Waals surface area contributed by atoms with Crippen LogP contribution in [0.3, 0.4) is 0 Å². The number of nitrogens with one attached hydrogen (secondary N) is 1. The molecular weight excluding hydrogens is 162 g/mol. The van der Waals surface area contributed by atoms with Crippen LogP contribution in [0.5, 0.6) is 0 Å². The van der Waals surface area contributed by atoms with E-state index in [0.717, 1.165) is 24.6 Å². The first-order valence-corrected chi connectivity index (χ1v) is 4.67. The third kappa shape index (κ3) is 1.77. The second kappa shape index (κ2) is 2.95. The largest absolute Gasteiger partial charge is 0.490 e. The van der Waals surface area contributed by atoms with Gasteiger partial charge in [0.2, 0.25) is 0 Å². The summed E-state index contributed by atoms with van der Waals surface area (Å²) < 4.78 is 5.53. The first-order chi connectivity index (χ1) is 6.17. The molecule has 1 aliphatic carbocycles. The van der Waals surface area contributed by atoms with Gasteiger partial charge < -0.3 is 10.1 Å². The second-order valence-corrected chi connectivity index (χ2v) is 4.04. The van der Waals surface area contributed by atoms with E-state index in [1.165, 1.54) is 0 Å². The van der Waals surface area contributed by atoms with Crippen LogP contribution in [-0.2, 0) is 4.74 Å². The first-order valence-electron chi connectivity index (χ1n) is 4.67. The van der Waals surface area contributed by atoms with E-state index in [-0.39, 0.29) is 5.41 Å². The Balaban J connectivity index is 2.34. The topological polar surface area (TPSA) is 21.3 Å². The predicted molar refractivity (Wildman–Crippen MR) is 53.0 cm³/mol. The monoisotopic (exact) mass is 177 g/mol. The fourth-order valence-electron chi connectivity index (χ4n) is 1.58. The molecule has 13 heavy (non-hydrogen) atoms. The quantitative estimate of drug-likeness (QED) is 0.610. The number of morpholine rings is 1.